The van der Waals surface area contributed by atoms with E-state index in [1.54, 1.807) is 18.6 Å². The topological polar surface area (TPSA) is 59.8 Å². The van der Waals surface area contributed by atoms with Gasteiger partial charge in [0, 0.05) is 37.8 Å². The number of rotatable bonds is 7. The third kappa shape index (κ3) is 4.19. The van der Waals surface area contributed by atoms with Crippen LogP contribution in [0.15, 0.2) is 43.0 Å². The molecule has 1 unspecified atom stereocenters. The van der Waals surface area contributed by atoms with E-state index in [1.165, 1.54) is 0 Å². The number of aromatic nitrogens is 3. The van der Waals surface area contributed by atoms with Crippen LogP contribution in [0.4, 0.5) is 0 Å². The molecule has 2 aromatic rings. The lowest BCUT2D eigenvalue weighted by molar-refractivity contribution is -0.122. The quantitative estimate of drug-likeness (QED) is 0.841. The smallest absolute Gasteiger partial charge is 0.220 e. The van der Waals surface area contributed by atoms with Gasteiger partial charge in [-0.05, 0) is 30.5 Å². The average Bonchev–Trinajstić information content (AvgIpc) is 2.99. The van der Waals surface area contributed by atoms with Crippen molar-refractivity contribution in [2.45, 2.75) is 38.8 Å². The molecule has 1 amide bonds. The fraction of sp³-hybridized carbons (Fsp3) is 0.400. The fourth-order valence-corrected chi connectivity index (χ4v) is 2.10. The molecule has 0 bridgehead atoms. The largest absolute Gasteiger partial charge is 0.349 e. The summed E-state index contributed by atoms with van der Waals surface area (Å²) in [4.78, 5) is 16.0. The molecule has 0 aliphatic carbocycles. The molecular weight excluding hydrogens is 252 g/mol. The third-order valence-electron chi connectivity index (χ3n) is 3.18. The number of nitrogens with one attached hydrogen (secondary N) is 1. The monoisotopic (exact) mass is 272 g/mol. The Bertz CT molecular complexity index is 510. The predicted octanol–water partition coefficient (Wildman–Crippen LogP) is 2.33. The second kappa shape index (κ2) is 7.43. The predicted molar refractivity (Wildman–Crippen MR) is 76.9 cm³/mol. The van der Waals surface area contributed by atoms with Crippen molar-refractivity contribution in [3.05, 3.63) is 48.5 Å². The lowest BCUT2D eigenvalue weighted by atomic mass is 10.1. The highest BCUT2D eigenvalue weighted by molar-refractivity contribution is 5.76. The van der Waals surface area contributed by atoms with Crippen molar-refractivity contribution in [1.29, 1.82) is 0 Å². The molecule has 2 aromatic heterocycles. The molecule has 2 rings (SSSR count). The van der Waals surface area contributed by atoms with Gasteiger partial charge in [-0.25, -0.2) is 0 Å². The van der Waals surface area contributed by atoms with Crippen molar-refractivity contribution in [3.8, 4) is 0 Å². The van der Waals surface area contributed by atoms with Gasteiger partial charge in [-0.1, -0.05) is 13.0 Å². The van der Waals surface area contributed by atoms with E-state index < -0.39 is 0 Å². The number of amides is 1. The lowest BCUT2D eigenvalue weighted by Crippen LogP contribution is -2.28. The highest BCUT2D eigenvalue weighted by atomic mass is 16.1. The second-order valence-electron chi connectivity index (χ2n) is 4.69. The van der Waals surface area contributed by atoms with Crippen molar-refractivity contribution in [2.75, 3.05) is 0 Å². The van der Waals surface area contributed by atoms with Gasteiger partial charge < -0.3 is 5.32 Å². The minimum Gasteiger partial charge on any atom is -0.349 e. The van der Waals surface area contributed by atoms with Crippen molar-refractivity contribution in [2.24, 2.45) is 0 Å². The van der Waals surface area contributed by atoms with Gasteiger partial charge in [-0.2, -0.15) is 5.10 Å². The summed E-state index contributed by atoms with van der Waals surface area (Å²) in [6.45, 7) is 2.83. The van der Waals surface area contributed by atoms with E-state index >= 15 is 0 Å². The van der Waals surface area contributed by atoms with Gasteiger partial charge in [-0.3, -0.25) is 14.5 Å². The van der Waals surface area contributed by atoms with Crippen LogP contribution in [0.3, 0.4) is 0 Å². The standard InChI is InChI=1S/C15H20N4O/c1-2-14(13-6-3-8-16-12-13)18-15(20)7-4-10-19-11-5-9-17-19/h3,5-6,8-9,11-12,14H,2,4,7,10H2,1H3,(H,18,20). The number of nitrogens with zero attached hydrogens (tertiary/aromatic N) is 3. The molecule has 106 valence electrons. The lowest BCUT2D eigenvalue weighted by Gasteiger charge is -2.17. The average molecular weight is 272 g/mol. The number of hydrogen-bond acceptors (Lipinski definition) is 3. The Morgan fingerprint density at radius 2 is 2.30 bits per heavy atom. The molecule has 0 aliphatic heterocycles. The maximum Gasteiger partial charge on any atom is 0.220 e. The van der Waals surface area contributed by atoms with Gasteiger partial charge in [0.25, 0.3) is 0 Å². The highest BCUT2D eigenvalue weighted by Crippen LogP contribution is 2.15. The Kier molecular flexibility index (Phi) is 5.29. The molecule has 5 heteroatoms. The van der Waals surface area contributed by atoms with E-state index in [0.29, 0.717) is 6.42 Å². The van der Waals surface area contributed by atoms with Gasteiger partial charge in [0.2, 0.25) is 5.91 Å². The third-order valence-corrected chi connectivity index (χ3v) is 3.18. The van der Waals surface area contributed by atoms with E-state index in [2.05, 4.69) is 22.3 Å². The molecule has 0 spiro atoms. The first-order valence-corrected chi connectivity index (χ1v) is 6.96. The molecular formula is C15H20N4O. The Morgan fingerprint density at radius 1 is 1.40 bits per heavy atom. The Labute approximate surface area is 119 Å². The van der Waals surface area contributed by atoms with Crippen LogP contribution in [0, 0.1) is 0 Å². The molecule has 5 nitrogen and oxygen atoms in total. The summed E-state index contributed by atoms with van der Waals surface area (Å²) in [5.74, 6) is 0.0767. The first-order valence-electron chi connectivity index (χ1n) is 6.96. The van der Waals surface area contributed by atoms with E-state index in [9.17, 15) is 4.79 Å². The minimum absolute atomic E-state index is 0.0425. The van der Waals surface area contributed by atoms with Crippen LogP contribution in [-0.2, 0) is 11.3 Å². The van der Waals surface area contributed by atoms with Crippen LogP contribution >= 0.6 is 0 Å². The summed E-state index contributed by atoms with van der Waals surface area (Å²) in [5.41, 5.74) is 1.05. The maximum absolute atomic E-state index is 12.0. The van der Waals surface area contributed by atoms with E-state index in [4.69, 9.17) is 0 Å². The molecule has 0 saturated heterocycles. The van der Waals surface area contributed by atoms with Crippen LogP contribution in [0.5, 0.6) is 0 Å². The van der Waals surface area contributed by atoms with Crippen LogP contribution < -0.4 is 5.32 Å². The van der Waals surface area contributed by atoms with Crippen LogP contribution in [0.1, 0.15) is 37.8 Å². The summed E-state index contributed by atoms with van der Waals surface area (Å²) >= 11 is 0. The zero-order valence-electron chi connectivity index (χ0n) is 11.7. The number of hydrogen-bond donors (Lipinski definition) is 1. The normalized spacial score (nSPS) is 12.1. The van der Waals surface area contributed by atoms with E-state index in [0.717, 1.165) is 24.9 Å². The van der Waals surface area contributed by atoms with Gasteiger partial charge in [0.15, 0.2) is 0 Å². The molecule has 0 radical (unpaired) electrons. The number of aryl methyl sites for hydroxylation is 1. The first-order chi connectivity index (χ1) is 9.79. The summed E-state index contributed by atoms with van der Waals surface area (Å²) in [6, 6.07) is 5.81. The van der Waals surface area contributed by atoms with Crippen LogP contribution in [-0.4, -0.2) is 20.7 Å². The van der Waals surface area contributed by atoms with Crippen molar-refractivity contribution in [1.82, 2.24) is 20.1 Å². The van der Waals surface area contributed by atoms with Crippen LogP contribution in [0.2, 0.25) is 0 Å². The summed E-state index contributed by atoms with van der Waals surface area (Å²) in [6.07, 6.45) is 9.35. The van der Waals surface area contributed by atoms with Gasteiger partial charge >= 0.3 is 0 Å². The molecule has 0 aliphatic rings. The maximum atomic E-state index is 12.0. The highest BCUT2D eigenvalue weighted by Gasteiger charge is 2.12. The van der Waals surface area contributed by atoms with Crippen molar-refractivity contribution >= 4 is 5.91 Å². The SMILES string of the molecule is CCC(NC(=O)CCCn1cccn1)c1cccnc1. The molecule has 20 heavy (non-hydrogen) atoms. The summed E-state index contributed by atoms with van der Waals surface area (Å²) in [7, 11) is 0. The molecule has 0 aromatic carbocycles. The zero-order chi connectivity index (χ0) is 14.2. The molecule has 0 saturated carbocycles. The van der Waals surface area contributed by atoms with Crippen molar-refractivity contribution < 1.29 is 4.79 Å². The van der Waals surface area contributed by atoms with E-state index in [1.807, 2.05) is 29.1 Å². The number of carbonyl (C=O) groups excluding carboxylic acids is 1. The number of pyridine rings is 1. The minimum atomic E-state index is 0.0425. The van der Waals surface area contributed by atoms with Gasteiger partial charge in [0.05, 0.1) is 6.04 Å². The Morgan fingerprint density at radius 3 is 2.95 bits per heavy atom. The van der Waals surface area contributed by atoms with Gasteiger partial charge in [0.1, 0.15) is 0 Å². The molecule has 1 atom stereocenters. The second-order valence-corrected chi connectivity index (χ2v) is 4.69. The molecule has 0 fully saturated rings. The van der Waals surface area contributed by atoms with E-state index in [-0.39, 0.29) is 11.9 Å². The first kappa shape index (κ1) is 14.2. The van der Waals surface area contributed by atoms with Crippen LogP contribution in [0.25, 0.3) is 0 Å². The molecule has 2 heterocycles. The zero-order valence-corrected chi connectivity index (χ0v) is 11.7. The summed E-state index contributed by atoms with van der Waals surface area (Å²) < 4.78 is 1.84. The summed E-state index contributed by atoms with van der Waals surface area (Å²) in [5, 5.41) is 7.17. The fourth-order valence-electron chi connectivity index (χ4n) is 2.10. The Balaban J connectivity index is 1.78. The Hall–Kier alpha value is -2.17. The molecule has 1 N–H and O–H groups in total. The van der Waals surface area contributed by atoms with Gasteiger partial charge in [-0.15, -0.1) is 0 Å². The van der Waals surface area contributed by atoms with Crippen molar-refractivity contribution in [3.63, 3.8) is 0 Å². The number of carbonyl (C=O) groups is 1.